The zero-order valence-electron chi connectivity index (χ0n) is 20.8. The highest BCUT2D eigenvalue weighted by atomic mass is 19.1. The second kappa shape index (κ2) is 10.2. The van der Waals surface area contributed by atoms with Crippen LogP contribution in [0.25, 0.3) is 0 Å². The number of nitrogens with one attached hydrogen (secondary N) is 1. The Morgan fingerprint density at radius 2 is 1.57 bits per heavy atom. The number of rotatable bonds is 4. The van der Waals surface area contributed by atoms with Gasteiger partial charge in [-0.05, 0) is 45.7 Å². The lowest BCUT2D eigenvalue weighted by Gasteiger charge is -2.36. The molecule has 2 amide bonds. The molecule has 0 radical (unpaired) electrons. The first kappa shape index (κ1) is 24.9. The van der Waals surface area contributed by atoms with Crippen molar-refractivity contribution in [3.63, 3.8) is 0 Å². The molecule has 1 aliphatic heterocycles. The second-order valence-corrected chi connectivity index (χ2v) is 10.6. The molecule has 1 aromatic carbocycles. The Morgan fingerprint density at radius 3 is 2.20 bits per heavy atom. The van der Waals surface area contributed by atoms with E-state index in [1.54, 1.807) is 35.5 Å². The maximum absolute atomic E-state index is 14.2. The molecule has 1 aliphatic carbocycles. The quantitative estimate of drug-likeness (QED) is 0.715. The van der Waals surface area contributed by atoms with Crippen molar-refractivity contribution >= 4 is 17.5 Å². The van der Waals surface area contributed by atoms with Gasteiger partial charge in [0.05, 0.1) is 5.69 Å². The summed E-state index contributed by atoms with van der Waals surface area (Å²) in [5.74, 6) is -1.13. The Kier molecular flexibility index (Phi) is 7.28. The van der Waals surface area contributed by atoms with Crippen LogP contribution in [0.3, 0.4) is 0 Å². The smallest absolute Gasteiger partial charge is 0.259 e. The highest BCUT2D eigenvalue weighted by Gasteiger charge is 2.29. The van der Waals surface area contributed by atoms with E-state index < -0.39 is 16.9 Å². The van der Waals surface area contributed by atoms with Crippen molar-refractivity contribution in [1.82, 2.24) is 14.8 Å². The number of para-hydroxylation sites is 1. The SMILES string of the molecule is CC(C)(C)NC(=O)c1cn(C2CCCCC2)cc(C(=O)N2CCN(c3ccccc3F)CC2)c1=O. The molecule has 1 N–H and O–H groups in total. The van der Waals surface area contributed by atoms with E-state index in [0.717, 1.165) is 25.7 Å². The predicted octanol–water partition coefficient (Wildman–Crippen LogP) is 3.98. The molecule has 2 aromatic rings. The second-order valence-electron chi connectivity index (χ2n) is 10.6. The Bertz CT molecular complexity index is 1140. The van der Waals surface area contributed by atoms with Crippen LogP contribution in [0.2, 0.25) is 0 Å². The van der Waals surface area contributed by atoms with Gasteiger partial charge in [-0.25, -0.2) is 4.39 Å². The van der Waals surface area contributed by atoms with Crippen molar-refractivity contribution in [3.05, 3.63) is 63.8 Å². The van der Waals surface area contributed by atoms with Gasteiger partial charge in [0.15, 0.2) is 0 Å². The highest BCUT2D eigenvalue weighted by Crippen LogP contribution is 2.28. The van der Waals surface area contributed by atoms with Gasteiger partial charge >= 0.3 is 0 Å². The third kappa shape index (κ3) is 5.74. The molecule has 0 atom stereocenters. The van der Waals surface area contributed by atoms with Crippen LogP contribution in [0.1, 0.15) is 79.6 Å². The van der Waals surface area contributed by atoms with Gasteiger partial charge in [0.1, 0.15) is 16.9 Å². The molecule has 2 heterocycles. The summed E-state index contributed by atoms with van der Waals surface area (Å²) in [6, 6.07) is 6.76. The molecular formula is C27H35FN4O3. The van der Waals surface area contributed by atoms with E-state index >= 15 is 0 Å². The summed E-state index contributed by atoms with van der Waals surface area (Å²) in [6.07, 6.45) is 8.51. The number of carbonyl (C=O) groups is 2. The summed E-state index contributed by atoms with van der Waals surface area (Å²) in [5, 5.41) is 2.86. The van der Waals surface area contributed by atoms with Gasteiger partial charge in [-0.2, -0.15) is 0 Å². The summed E-state index contributed by atoms with van der Waals surface area (Å²) in [6.45, 7) is 7.24. The van der Waals surface area contributed by atoms with E-state index in [2.05, 4.69) is 5.32 Å². The summed E-state index contributed by atoms with van der Waals surface area (Å²) in [5.41, 5.74) is -0.513. The maximum atomic E-state index is 14.2. The molecular weight excluding hydrogens is 447 g/mol. The number of nitrogens with zero attached hydrogens (tertiary/aromatic N) is 3. The first-order valence-electron chi connectivity index (χ1n) is 12.5. The van der Waals surface area contributed by atoms with E-state index in [-0.39, 0.29) is 28.9 Å². The zero-order valence-corrected chi connectivity index (χ0v) is 20.8. The number of anilines is 1. The molecule has 1 saturated carbocycles. The number of halogens is 1. The first-order valence-corrected chi connectivity index (χ1v) is 12.5. The first-order chi connectivity index (χ1) is 16.6. The lowest BCUT2D eigenvalue weighted by Crippen LogP contribution is -2.50. The Morgan fingerprint density at radius 1 is 0.943 bits per heavy atom. The van der Waals surface area contributed by atoms with Crippen LogP contribution in [0.4, 0.5) is 10.1 Å². The van der Waals surface area contributed by atoms with E-state index in [4.69, 9.17) is 0 Å². The lowest BCUT2D eigenvalue weighted by atomic mass is 9.95. The van der Waals surface area contributed by atoms with E-state index in [1.165, 1.54) is 12.5 Å². The van der Waals surface area contributed by atoms with Gasteiger partial charge in [-0.3, -0.25) is 14.4 Å². The number of amides is 2. The third-order valence-corrected chi connectivity index (χ3v) is 6.77. The van der Waals surface area contributed by atoms with Gasteiger partial charge in [-0.15, -0.1) is 0 Å². The number of benzene rings is 1. The van der Waals surface area contributed by atoms with Gasteiger partial charge in [-0.1, -0.05) is 31.4 Å². The van der Waals surface area contributed by atoms with E-state index in [9.17, 15) is 18.8 Å². The van der Waals surface area contributed by atoms with Crippen LogP contribution < -0.4 is 15.6 Å². The minimum absolute atomic E-state index is 0.00124. The molecule has 7 nitrogen and oxygen atoms in total. The van der Waals surface area contributed by atoms with Crippen molar-refractivity contribution in [2.75, 3.05) is 31.1 Å². The zero-order chi connectivity index (χ0) is 25.2. The van der Waals surface area contributed by atoms with Crippen molar-refractivity contribution in [2.45, 2.75) is 64.5 Å². The van der Waals surface area contributed by atoms with E-state index in [1.807, 2.05) is 30.2 Å². The number of aromatic nitrogens is 1. The van der Waals surface area contributed by atoms with Crippen molar-refractivity contribution in [2.24, 2.45) is 0 Å². The molecule has 4 rings (SSSR count). The Balaban J connectivity index is 1.60. The van der Waals surface area contributed by atoms with Crippen LogP contribution >= 0.6 is 0 Å². The maximum Gasteiger partial charge on any atom is 0.259 e. The van der Waals surface area contributed by atoms with E-state index in [0.29, 0.717) is 31.9 Å². The molecule has 0 spiro atoms. The van der Waals surface area contributed by atoms with Crippen LogP contribution in [-0.2, 0) is 0 Å². The molecule has 188 valence electrons. The van der Waals surface area contributed by atoms with Crippen LogP contribution in [0, 0.1) is 5.82 Å². The van der Waals surface area contributed by atoms with Gasteiger partial charge in [0, 0.05) is 50.2 Å². The molecule has 1 aromatic heterocycles. The minimum atomic E-state index is -0.541. The largest absolute Gasteiger partial charge is 0.366 e. The molecule has 0 unspecified atom stereocenters. The summed E-state index contributed by atoms with van der Waals surface area (Å²) in [7, 11) is 0. The molecule has 35 heavy (non-hydrogen) atoms. The molecule has 1 saturated heterocycles. The number of piperazine rings is 1. The minimum Gasteiger partial charge on any atom is -0.366 e. The topological polar surface area (TPSA) is 74.7 Å². The molecule has 2 aliphatic rings. The van der Waals surface area contributed by atoms with Crippen LogP contribution in [0.5, 0.6) is 0 Å². The average molecular weight is 483 g/mol. The average Bonchev–Trinajstić information content (AvgIpc) is 2.83. The van der Waals surface area contributed by atoms with Gasteiger partial charge in [0.25, 0.3) is 11.8 Å². The van der Waals surface area contributed by atoms with Crippen molar-refractivity contribution in [3.8, 4) is 0 Å². The lowest BCUT2D eigenvalue weighted by molar-refractivity contribution is 0.0744. The highest BCUT2D eigenvalue weighted by molar-refractivity contribution is 5.99. The molecule has 0 bridgehead atoms. The number of pyridine rings is 1. The number of hydrogen-bond acceptors (Lipinski definition) is 4. The fourth-order valence-corrected chi connectivity index (χ4v) is 4.94. The van der Waals surface area contributed by atoms with Gasteiger partial charge in [0.2, 0.25) is 5.43 Å². The Labute approximate surface area is 205 Å². The number of carbonyl (C=O) groups excluding carboxylic acids is 2. The van der Waals surface area contributed by atoms with Crippen molar-refractivity contribution < 1.29 is 14.0 Å². The Hall–Kier alpha value is -3.16. The standard InChI is InChI=1S/C27H35FN4O3/c1-27(2,3)29-25(34)20-17-32(19-9-5-4-6-10-19)18-21(24(20)33)26(35)31-15-13-30(14-16-31)23-12-8-7-11-22(23)28/h7-8,11-12,17-19H,4-6,9-10,13-16H2,1-3H3,(H,29,34). The van der Waals surface area contributed by atoms with Crippen LogP contribution in [0.15, 0.2) is 41.5 Å². The third-order valence-electron chi connectivity index (χ3n) is 6.77. The normalized spacial score (nSPS) is 17.4. The summed E-state index contributed by atoms with van der Waals surface area (Å²) in [4.78, 5) is 43.4. The monoisotopic (exact) mass is 482 g/mol. The van der Waals surface area contributed by atoms with Crippen LogP contribution in [-0.4, -0.2) is 53.0 Å². The summed E-state index contributed by atoms with van der Waals surface area (Å²) < 4.78 is 16.1. The fourth-order valence-electron chi connectivity index (χ4n) is 4.94. The molecule has 8 heteroatoms. The molecule has 2 fully saturated rings. The number of hydrogen-bond donors (Lipinski definition) is 1. The summed E-state index contributed by atoms with van der Waals surface area (Å²) >= 11 is 0. The predicted molar refractivity (Wildman–Crippen MR) is 135 cm³/mol. The van der Waals surface area contributed by atoms with Gasteiger partial charge < -0.3 is 19.7 Å². The van der Waals surface area contributed by atoms with Crippen molar-refractivity contribution in [1.29, 1.82) is 0 Å². The fraction of sp³-hybridized carbons (Fsp3) is 0.519.